The molecular formula is C51H31N3OS. The maximum atomic E-state index is 9.82. The Bertz CT molecular complexity index is 3510. The molecule has 0 saturated carbocycles. The summed E-state index contributed by atoms with van der Waals surface area (Å²) in [4.78, 5) is 15.1. The predicted molar refractivity (Wildman–Crippen MR) is 233 cm³/mol. The monoisotopic (exact) mass is 739 g/mol. The number of rotatable bonds is 6. The first-order valence-corrected chi connectivity index (χ1v) is 19.0. The van der Waals surface area contributed by atoms with Crippen LogP contribution in [-0.2, 0) is 0 Å². The summed E-state index contributed by atoms with van der Waals surface area (Å²) >= 11 is 1.12. The number of furan rings is 1. The second-order valence-electron chi connectivity index (χ2n) is 13.4. The molecule has 11 rings (SSSR count). The maximum absolute atomic E-state index is 9.82. The highest BCUT2D eigenvalue weighted by molar-refractivity contribution is 7.26. The molecule has 0 unspecified atom stereocenters. The first-order valence-electron chi connectivity index (χ1n) is 21.2. The van der Waals surface area contributed by atoms with Crippen molar-refractivity contribution >= 4 is 53.4 Å². The zero-order chi connectivity index (χ0) is 42.2. The standard InChI is InChI=1S/C51H31N3OS/c1-3-14-32(15-4-1)36-18-7-9-21-40(36)50-52-49(53-51(54-50)41-22-10-8-19-37(41)33-16-5-2-6-17-33)35-26-28-42-47(31-35)56-46-25-13-23-38(48(42)46)34-27-29-45-43(30-34)39-20-11-12-24-44(39)55-45/h1-31H/i13D,23D,25D,26D,28D,31D. The summed E-state index contributed by atoms with van der Waals surface area (Å²) in [6.45, 7) is 0. The highest BCUT2D eigenvalue weighted by atomic mass is 32.1. The van der Waals surface area contributed by atoms with Gasteiger partial charge in [0.15, 0.2) is 17.5 Å². The minimum atomic E-state index is -0.270. The second kappa shape index (κ2) is 13.3. The normalized spacial score (nSPS) is 13.1. The molecule has 0 atom stereocenters. The van der Waals surface area contributed by atoms with Gasteiger partial charge in [0.2, 0.25) is 0 Å². The van der Waals surface area contributed by atoms with Gasteiger partial charge >= 0.3 is 0 Å². The van der Waals surface area contributed by atoms with Crippen LogP contribution in [0.4, 0.5) is 0 Å². The average molecular weight is 740 g/mol. The number of hydrogen-bond acceptors (Lipinski definition) is 5. The molecule has 0 amide bonds. The van der Waals surface area contributed by atoms with Gasteiger partial charge in [-0.3, -0.25) is 0 Å². The molecule has 5 heteroatoms. The fraction of sp³-hybridized carbons (Fsp3) is 0. The molecule has 0 N–H and O–H groups in total. The van der Waals surface area contributed by atoms with Crippen molar-refractivity contribution in [2.75, 3.05) is 0 Å². The lowest BCUT2D eigenvalue weighted by Gasteiger charge is -2.14. The number of thiophene rings is 1. The van der Waals surface area contributed by atoms with E-state index in [-0.39, 0.29) is 53.0 Å². The summed E-state index contributed by atoms with van der Waals surface area (Å²) in [5.41, 5.74) is 7.55. The van der Waals surface area contributed by atoms with Crippen molar-refractivity contribution in [3.05, 3.63) is 188 Å². The third-order valence-corrected chi connectivity index (χ3v) is 11.1. The van der Waals surface area contributed by atoms with E-state index in [2.05, 4.69) is 0 Å². The van der Waals surface area contributed by atoms with Crippen LogP contribution in [0.15, 0.2) is 192 Å². The molecule has 262 valence electrons. The summed E-state index contributed by atoms with van der Waals surface area (Å²) < 4.78 is 63.1. The minimum absolute atomic E-state index is 0.0462. The van der Waals surface area contributed by atoms with Crippen molar-refractivity contribution in [1.29, 1.82) is 0 Å². The summed E-state index contributed by atoms with van der Waals surface area (Å²) in [6, 6.07) is 47.7. The lowest BCUT2D eigenvalue weighted by molar-refractivity contribution is 0.669. The maximum Gasteiger partial charge on any atom is 0.164 e. The van der Waals surface area contributed by atoms with Gasteiger partial charge in [0.05, 0.1) is 8.22 Å². The molecular weight excluding hydrogens is 703 g/mol. The van der Waals surface area contributed by atoms with Crippen molar-refractivity contribution in [2.24, 2.45) is 0 Å². The van der Waals surface area contributed by atoms with Crippen LogP contribution in [0, 0.1) is 0 Å². The lowest BCUT2D eigenvalue weighted by atomic mass is 9.97. The van der Waals surface area contributed by atoms with Gasteiger partial charge in [-0.05, 0) is 63.7 Å². The second-order valence-corrected chi connectivity index (χ2v) is 14.5. The smallest absolute Gasteiger partial charge is 0.164 e. The van der Waals surface area contributed by atoms with E-state index < -0.39 is 0 Å². The van der Waals surface area contributed by atoms with Gasteiger partial charge in [-0.1, -0.05) is 158 Å². The van der Waals surface area contributed by atoms with E-state index in [1.54, 1.807) is 0 Å². The van der Waals surface area contributed by atoms with E-state index in [1.165, 1.54) is 0 Å². The van der Waals surface area contributed by atoms with Crippen LogP contribution in [-0.4, -0.2) is 15.0 Å². The van der Waals surface area contributed by atoms with E-state index in [4.69, 9.17) is 22.1 Å². The van der Waals surface area contributed by atoms with E-state index in [1.807, 2.05) is 152 Å². The number of aromatic nitrogens is 3. The number of fused-ring (bicyclic) bond motifs is 6. The number of benzene rings is 8. The predicted octanol–water partition coefficient (Wildman–Crippen LogP) is 14.1. The Hall–Kier alpha value is -7.21. The molecule has 11 aromatic rings. The quantitative estimate of drug-likeness (QED) is 0.170. The molecule has 3 heterocycles. The lowest BCUT2D eigenvalue weighted by Crippen LogP contribution is -2.02. The Morgan fingerprint density at radius 3 is 1.70 bits per heavy atom. The van der Waals surface area contributed by atoms with Crippen molar-refractivity contribution in [1.82, 2.24) is 15.0 Å². The molecule has 0 saturated heterocycles. The van der Waals surface area contributed by atoms with Crippen LogP contribution in [0.3, 0.4) is 0 Å². The Labute approximate surface area is 335 Å². The summed E-state index contributed by atoms with van der Waals surface area (Å²) in [5.74, 6) is 0.735. The van der Waals surface area contributed by atoms with Gasteiger partial charge in [0, 0.05) is 47.6 Å². The topological polar surface area (TPSA) is 51.8 Å². The van der Waals surface area contributed by atoms with Crippen LogP contribution >= 0.6 is 11.3 Å². The van der Waals surface area contributed by atoms with Crippen molar-refractivity contribution in [2.45, 2.75) is 0 Å². The van der Waals surface area contributed by atoms with E-state index >= 15 is 0 Å². The molecule has 0 fully saturated rings. The van der Waals surface area contributed by atoms with E-state index in [9.17, 15) is 5.48 Å². The van der Waals surface area contributed by atoms with Gasteiger partial charge in [-0.25, -0.2) is 15.0 Å². The Morgan fingerprint density at radius 1 is 0.411 bits per heavy atom. The highest BCUT2D eigenvalue weighted by Crippen LogP contribution is 2.43. The SMILES string of the molecule is [2H]c1c([2H])c(-c2ccc3oc4ccccc4c3c2)c2c(sc3c([2H])c(-c4nc(-c5ccccc5-c5ccccc5)nc(-c5ccccc5-c5ccccc5)n4)c([2H])c([2H])c32)c1[2H]. The van der Waals surface area contributed by atoms with Gasteiger partial charge in [-0.2, -0.15) is 0 Å². The van der Waals surface area contributed by atoms with Crippen molar-refractivity contribution in [3.8, 4) is 67.5 Å². The molecule has 4 nitrogen and oxygen atoms in total. The van der Waals surface area contributed by atoms with Crippen LogP contribution in [0.2, 0.25) is 0 Å². The molecule has 3 aromatic heterocycles. The van der Waals surface area contributed by atoms with Gasteiger partial charge in [0.25, 0.3) is 0 Å². The largest absolute Gasteiger partial charge is 0.456 e. The summed E-state index contributed by atoms with van der Waals surface area (Å²) in [5, 5.41) is 2.39. The third kappa shape index (κ3) is 5.48. The Kier molecular flexibility index (Phi) is 6.29. The highest BCUT2D eigenvalue weighted by Gasteiger charge is 2.19. The summed E-state index contributed by atoms with van der Waals surface area (Å²) in [6.07, 6.45) is 0. The molecule has 0 aliphatic carbocycles. The first kappa shape index (κ1) is 26.5. The van der Waals surface area contributed by atoms with Crippen LogP contribution in [0.1, 0.15) is 8.22 Å². The summed E-state index contributed by atoms with van der Waals surface area (Å²) in [7, 11) is 0. The van der Waals surface area contributed by atoms with Gasteiger partial charge in [0.1, 0.15) is 11.2 Å². The zero-order valence-corrected chi connectivity index (χ0v) is 30.4. The number of hydrogen-bond donors (Lipinski definition) is 0. The van der Waals surface area contributed by atoms with Crippen LogP contribution in [0.5, 0.6) is 0 Å². The van der Waals surface area contributed by atoms with Crippen molar-refractivity contribution in [3.63, 3.8) is 0 Å². The number of para-hydroxylation sites is 1. The fourth-order valence-corrected chi connectivity index (χ4v) is 8.50. The molecule has 0 radical (unpaired) electrons. The fourth-order valence-electron chi connectivity index (χ4n) is 7.48. The molecule has 56 heavy (non-hydrogen) atoms. The molecule has 0 bridgehead atoms. The first-order chi connectivity index (χ1) is 30.3. The Morgan fingerprint density at radius 2 is 1.00 bits per heavy atom. The minimum Gasteiger partial charge on any atom is -0.456 e. The van der Waals surface area contributed by atoms with E-state index in [0.29, 0.717) is 43.1 Å². The molecule has 8 aromatic carbocycles. The van der Waals surface area contributed by atoms with Gasteiger partial charge in [-0.15, -0.1) is 11.3 Å². The average Bonchev–Trinajstić information content (AvgIpc) is 3.90. The molecule has 0 aliphatic heterocycles. The van der Waals surface area contributed by atoms with Gasteiger partial charge < -0.3 is 4.42 Å². The molecule has 0 spiro atoms. The molecule has 0 aliphatic rings. The van der Waals surface area contributed by atoms with E-state index in [0.717, 1.165) is 61.1 Å². The van der Waals surface area contributed by atoms with Crippen LogP contribution in [0.25, 0.3) is 110 Å². The zero-order valence-electron chi connectivity index (χ0n) is 35.6. The van der Waals surface area contributed by atoms with Crippen molar-refractivity contribution < 1.29 is 12.6 Å². The third-order valence-electron chi connectivity index (χ3n) is 10.1. The Balaban J connectivity index is 1.19. The van der Waals surface area contributed by atoms with Crippen LogP contribution < -0.4 is 0 Å². The number of nitrogens with zero attached hydrogens (tertiary/aromatic N) is 3.